The lowest BCUT2D eigenvalue weighted by atomic mass is 10.2. The van der Waals surface area contributed by atoms with Crippen molar-refractivity contribution in [2.75, 3.05) is 0 Å². The molecule has 0 aliphatic heterocycles. The molecule has 3 rings (SSSR count). The summed E-state index contributed by atoms with van der Waals surface area (Å²) in [5.74, 6) is 0. The third-order valence-corrected chi connectivity index (χ3v) is 4.52. The van der Waals surface area contributed by atoms with E-state index in [9.17, 15) is 22.8 Å². The van der Waals surface area contributed by atoms with Gasteiger partial charge in [0.2, 0.25) is 0 Å². The van der Waals surface area contributed by atoms with Crippen molar-refractivity contribution in [2.24, 2.45) is 7.05 Å². The maximum atomic E-state index is 12.9. The molecule has 0 bridgehead atoms. The summed E-state index contributed by atoms with van der Waals surface area (Å²) in [7, 11) is 0.983. The van der Waals surface area contributed by atoms with Crippen molar-refractivity contribution in [2.45, 2.75) is 13.1 Å². The van der Waals surface area contributed by atoms with Crippen LogP contribution in [0.4, 0.5) is 13.2 Å². The van der Waals surface area contributed by atoms with Crippen molar-refractivity contribution in [3.8, 4) is 5.69 Å². The van der Waals surface area contributed by atoms with E-state index in [2.05, 4.69) is 4.37 Å². The van der Waals surface area contributed by atoms with Gasteiger partial charge in [-0.05, 0) is 42.7 Å². The third kappa shape index (κ3) is 2.91. The molecule has 0 atom stereocenters. The predicted molar refractivity (Wildman–Crippen MR) is 90.2 cm³/mol. The maximum Gasteiger partial charge on any atom is 0.431 e. The molecular weight excluding hydrogens is 355 g/mol. The molecule has 9 heteroatoms. The molecule has 25 heavy (non-hydrogen) atoms. The minimum absolute atomic E-state index is 0.192. The highest BCUT2D eigenvalue weighted by Gasteiger charge is 2.35. The Balaban J connectivity index is 2.29. The van der Waals surface area contributed by atoms with E-state index in [1.807, 2.05) is 6.92 Å². The molecule has 0 saturated heterocycles. The molecule has 0 amide bonds. The van der Waals surface area contributed by atoms with Crippen LogP contribution in [-0.2, 0) is 13.2 Å². The predicted octanol–water partition coefficient (Wildman–Crippen LogP) is 3.20. The van der Waals surface area contributed by atoms with Crippen molar-refractivity contribution in [1.29, 1.82) is 0 Å². The van der Waals surface area contributed by atoms with Crippen LogP contribution in [-0.4, -0.2) is 13.5 Å². The fourth-order valence-electron chi connectivity index (χ4n) is 2.50. The fourth-order valence-corrected chi connectivity index (χ4v) is 3.24. The van der Waals surface area contributed by atoms with Gasteiger partial charge in [0.05, 0.1) is 16.1 Å². The molecule has 2 heterocycles. The van der Waals surface area contributed by atoms with Gasteiger partial charge in [-0.3, -0.25) is 9.36 Å². The average Bonchev–Trinajstić information content (AvgIpc) is 2.93. The molecule has 1 aromatic carbocycles. The molecule has 130 valence electrons. The smallest absolute Gasteiger partial charge is 0.292 e. The highest BCUT2D eigenvalue weighted by molar-refractivity contribution is 7.13. The zero-order chi connectivity index (χ0) is 18.4. The summed E-state index contributed by atoms with van der Waals surface area (Å²) in [4.78, 5) is 24.5. The quantitative estimate of drug-likeness (QED) is 0.699. The number of hydrogen-bond donors (Lipinski definition) is 0. The molecular formula is C16H12F3N3O2S. The lowest BCUT2D eigenvalue weighted by Gasteiger charge is -2.13. The van der Waals surface area contributed by atoms with Gasteiger partial charge in [0, 0.05) is 18.5 Å². The summed E-state index contributed by atoms with van der Waals surface area (Å²) in [5, 5.41) is 0.717. The first kappa shape index (κ1) is 17.2. The first-order valence-electron chi connectivity index (χ1n) is 7.17. The second-order valence-corrected chi connectivity index (χ2v) is 6.10. The van der Waals surface area contributed by atoms with Gasteiger partial charge in [-0.2, -0.15) is 17.5 Å². The van der Waals surface area contributed by atoms with Gasteiger partial charge in [-0.15, -0.1) is 0 Å². The van der Waals surface area contributed by atoms with Gasteiger partial charge in [0.1, 0.15) is 5.69 Å². The Kier molecular flexibility index (Phi) is 4.11. The Morgan fingerprint density at radius 1 is 1.20 bits per heavy atom. The monoisotopic (exact) mass is 367 g/mol. The summed E-state index contributed by atoms with van der Waals surface area (Å²) in [6, 6.07) is 5.18. The Bertz CT molecular complexity index is 1110. The van der Waals surface area contributed by atoms with Crippen LogP contribution in [0.2, 0.25) is 0 Å². The number of alkyl halides is 3. The number of benzene rings is 1. The van der Waals surface area contributed by atoms with Gasteiger partial charge in [0.25, 0.3) is 5.56 Å². The lowest BCUT2D eigenvalue weighted by Crippen LogP contribution is -2.40. The number of hydrogen-bond acceptors (Lipinski definition) is 4. The van der Waals surface area contributed by atoms with Gasteiger partial charge >= 0.3 is 11.9 Å². The largest absolute Gasteiger partial charge is 0.431 e. The molecule has 0 N–H and O–H groups in total. The van der Waals surface area contributed by atoms with Gasteiger partial charge in [0.15, 0.2) is 0 Å². The molecule has 3 aromatic rings. The summed E-state index contributed by atoms with van der Waals surface area (Å²) in [5.41, 5.74) is -2.52. The van der Waals surface area contributed by atoms with Crippen LogP contribution in [0.25, 0.3) is 21.8 Å². The van der Waals surface area contributed by atoms with Crippen LogP contribution in [0, 0.1) is 0 Å². The van der Waals surface area contributed by atoms with E-state index in [0.717, 1.165) is 17.1 Å². The molecule has 0 aliphatic carbocycles. The van der Waals surface area contributed by atoms with E-state index in [-0.39, 0.29) is 5.69 Å². The molecule has 0 radical (unpaired) electrons. The number of aromatic nitrogens is 3. The van der Waals surface area contributed by atoms with Crippen LogP contribution in [0.5, 0.6) is 0 Å². The van der Waals surface area contributed by atoms with E-state index in [0.29, 0.717) is 20.9 Å². The van der Waals surface area contributed by atoms with Crippen LogP contribution in [0.3, 0.4) is 0 Å². The standard InChI is InChI=1S/C16H12F3N3O2S/c1-3-4-11-10-7-9(5-6-12(10)25-20-11)22-14(23)8-13(16(17,18)19)21(2)15(22)24/h3-8H,1-2H3/b4-3-. The highest BCUT2D eigenvalue weighted by Crippen LogP contribution is 2.28. The van der Waals surface area contributed by atoms with Gasteiger partial charge < -0.3 is 0 Å². The Morgan fingerprint density at radius 2 is 1.92 bits per heavy atom. The summed E-state index contributed by atoms with van der Waals surface area (Å²) in [6.07, 6.45) is -1.22. The molecule has 0 fully saturated rings. The fraction of sp³-hybridized carbons (Fsp3) is 0.188. The van der Waals surface area contributed by atoms with Crippen LogP contribution < -0.4 is 11.2 Å². The molecule has 0 aliphatic rings. The first-order chi connectivity index (χ1) is 11.7. The van der Waals surface area contributed by atoms with Crippen molar-refractivity contribution in [3.05, 3.63) is 62.6 Å². The normalized spacial score (nSPS) is 12.4. The van der Waals surface area contributed by atoms with Gasteiger partial charge in [-0.25, -0.2) is 9.36 Å². The van der Waals surface area contributed by atoms with Crippen molar-refractivity contribution < 1.29 is 13.2 Å². The topological polar surface area (TPSA) is 56.9 Å². The number of rotatable bonds is 2. The van der Waals surface area contributed by atoms with Gasteiger partial charge in [-0.1, -0.05) is 6.08 Å². The minimum atomic E-state index is -4.79. The molecule has 2 aromatic heterocycles. The Hall–Kier alpha value is -2.68. The lowest BCUT2D eigenvalue weighted by molar-refractivity contribution is -0.144. The second-order valence-electron chi connectivity index (χ2n) is 5.29. The van der Waals surface area contributed by atoms with E-state index in [4.69, 9.17) is 0 Å². The van der Waals surface area contributed by atoms with E-state index in [1.165, 1.54) is 17.6 Å². The number of nitrogens with zero attached hydrogens (tertiary/aromatic N) is 3. The maximum absolute atomic E-state index is 12.9. The zero-order valence-electron chi connectivity index (χ0n) is 13.2. The summed E-state index contributed by atoms with van der Waals surface area (Å²) in [6.45, 7) is 1.82. The first-order valence-corrected chi connectivity index (χ1v) is 7.94. The second kappa shape index (κ2) is 5.99. The van der Waals surface area contributed by atoms with Crippen LogP contribution in [0.15, 0.2) is 39.9 Å². The zero-order valence-corrected chi connectivity index (χ0v) is 14.0. The average molecular weight is 367 g/mol. The van der Waals surface area contributed by atoms with Crippen molar-refractivity contribution in [1.82, 2.24) is 13.5 Å². The molecule has 5 nitrogen and oxygen atoms in total. The van der Waals surface area contributed by atoms with Crippen LogP contribution in [0.1, 0.15) is 18.3 Å². The minimum Gasteiger partial charge on any atom is -0.292 e. The van der Waals surface area contributed by atoms with Crippen LogP contribution >= 0.6 is 11.5 Å². The van der Waals surface area contributed by atoms with Crippen molar-refractivity contribution in [3.63, 3.8) is 0 Å². The summed E-state index contributed by atoms with van der Waals surface area (Å²) >= 11 is 1.25. The SMILES string of the molecule is C/C=C\c1nsc2ccc(-n3c(=O)cc(C(F)(F)F)n(C)c3=O)cc12. The number of halogens is 3. The molecule has 0 saturated carbocycles. The van der Waals surface area contributed by atoms with E-state index < -0.39 is 23.1 Å². The van der Waals surface area contributed by atoms with E-state index >= 15 is 0 Å². The highest BCUT2D eigenvalue weighted by atomic mass is 32.1. The van der Waals surface area contributed by atoms with Crippen molar-refractivity contribution >= 4 is 27.7 Å². The number of fused-ring (bicyclic) bond motifs is 1. The summed E-state index contributed by atoms with van der Waals surface area (Å²) < 4.78 is 45.0. The number of allylic oxidation sites excluding steroid dienone is 1. The van der Waals surface area contributed by atoms with E-state index in [1.54, 1.807) is 24.3 Å². The Labute approximate surface area is 143 Å². The molecule has 0 unspecified atom stereocenters. The Morgan fingerprint density at radius 3 is 2.56 bits per heavy atom. The molecule has 0 spiro atoms. The third-order valence-electron chi connectivity index (χ3n) is 3.67.